The molecule has 0 radical (unpaired) electrons. The van der Waals surface area contributed by atoms with E-state index in [1.807, 2.05) is 12.3 Å². The zero-order chi connectivity index (χ0) is 10.7. The van der Waals surface area contributed by atoms with Gasteiger partial charge in [0, 0.05) is 11.6 Å². The molecular formula is C11H10FNOS. The fourth-order valence-electron chi connectivity index (χ4n) is 1.18. The summed E-state index contributed by atoms with van der Waals surface area (Å²) in [5, 5.41) is 2.71. The van der Waals surface area contributed by atoms with Crippen molar-refractivity contribution < 1.29 is 9.13 Å². The Morgan fingerprint density at radius 1 is 1.47 bits per heavy atom. The van der Waals surface area contributed by atoms with Gasteiger partial charge in [-0.1, -0.05) is 6.07 Å². The highest BCUT2D eigenvalue weighted by Crippen LogP contribution is 2.19. The van der Waals surface area contributed by atoms with Crippen molar-refractivity contribution in [1.82, 2.24) is 4.98 Å². The van der Waals surface area contributed by atoms with E-state index in [0.717, 1.165) is 10.6 Å². The molecule has 0 aliphatic rings. The second-order valence-corrected chi connectivity index (χ2v) is 4.13. The van der Waals surface area contributed by atoms with Crippen LogP contribution in [-0.2, 0) is 6.61 Å². The van der Waals surface area contributed by atoms with Crippen LogP contribution in [0.1, 0.15) is 10.6 Å². The van der Waals surface area contributed by atoms with Gasteiger partial charge in [-0.15, -0.1) is 11.3 Å². The van der Waals surface area contributed by atoms with Gasteiger partial charge < -0.3 is 4.74 Å². The SMILES string of the molecule is Cc1ccc(F)c(OCc2nccs2)c1. The van der Waals surface area contributed by atoms with Crippen LogP contribution in [0, 0.1) is 12.7 Å². The molecule has 0 atom stereocenters. The highest BCUT2D eigenvalue weighted by Gasteiger charge is 2.04. The normalized spacial score (nSPS) is 10.3. The first kappa shape index (κ1) is 10.1. The van der Waals surface area contributed by atoms with Crippen LogP contribution in [0.25, 0.3) is 0 Å². The Hall–Kier alpha value is -1.42. The fraction of sp³-hybridized carbons (Fsp3) is 0.182. The lowest BCUT2D eigenvalue weighted by Crippen LogP contribution is -1.97. The molecule has 2 aromatic rings. The number of benzene rings is 1. The fourth-order valence-corrected chi connectivity index (χ4v) is 1.71. The molecule has 1 heterocycles. The summed E-state index contributed by atoms with van der Waals surface area (Å²) in [5.41, 5.74) is 0.977. The zero-order valence-electron chi connectivity index (χ0n) is 8.24. The van der Waals surface area contributed by atoms with Gasteiger partial charge in [0.2, 0.25) is 0 Å². The number of rotatable bonds is 3. The van der Waals surface area contributed by atoms with Crippen LogP contribution >= 0.6 is 11.3 Å². The monoisotopic (exact) mass is 223 g/mol. The van der Waals surface area contributed by atoms with Gasteiger partial charge in [0.25, 0.3) is 0 Å². The van der Waals surface area contributed by atoms with E-state index in [1.165, 1.54) is 17.4 Å². The Morgan fingerprint density at radius 2 is 2.33 bits per heavy atom. The Balaban J connectivity index is 2.07. The Bertz CT molecular complexity index is 442. The van der Waals surface area contributed by atoms with Crippen molar-refractivity contribution in [3.8, 4) is 5.75 Å². The lowest BCUT2D eigenvalue weighted by atomic mass is 10.2. The van der Waals surface area contributed by atoms with E-state index in [0.29, 0.717) is 6.61 Å². The number of aryl methyl sites for hydroxylation is 1. The smallest absolute Gasteiger partial charge is 0.165 e. The average Bonchev–Trinajstić information content (AvgIpc) is 2.72. The molecule has 0 saturated heterocycles. The topological polar surface area (TPSA) is 22.1 Å². The van der Waals surface area contributed by atoms with E-state index in [-0.39, 0.29) is 11.6 Å². The van der Waals surface area contributed by atoms with Gasteiger partial charge in [-0.05, 0) is 24.6 Å². The molecule has 0 unspecified atom stereocenters. The first-order valence-corrected chi connectivity index (χ1v) is 5.41. The quantitative estimate of drug-likeness (QED) is 0.797. The van der Waals surface area contributed by atoms with Crippen LogP contribution in [0.4, 0.5) is 4.39 Å². The molecule has 0 aliphatic heterocycles. The maximum absolute atomic E-state index is 13.3. The van der Waals surface area contributed by atoms with Crippen LogP contribution in [0.2, 0.25) is 0 Å². The largest absolute Gasteiger partial charge is 0.483 e. The Morgan fingerprint density at radius 3 is 3.07 bits per heavy atom. The summed E-state index contributed by atoms with van der Waals surface area (Å²) in [6.07, 6.45) is 1.70. The van der Waals surface area contributed by atoms with E-state index in [2.05, 4.69) is 4.98 Å². The molecule has 2 nitrogen and oxygen atoms in total. The molecule has 0 N–H and O–H groups in total. The van der Waals surface area contributed by atoms with Gasteiger partial charge in [0.05, 0.1) is 0 Å². The van der Waals surface area contributed by atoms with Crippen molar-refractivity contribution in [3.05, 3.63) is 46.2 Å². The maximum Gasteiger partial charge on any atom is 0.165 e. The van der Waals surface area contributed by atoms with Crippen molar-refractivity contribution in [2.24, 2.45) is 0 Å². The zero-order valence-corrected chi connectivity index (χ0v) is 9.05. The number of halogens is 1. The number of hydrogen-bond acceptors (Lipinski definition) is 3. The van der Waals surface area contributed by atoms with Crippen LogP contribution in [0.5, 0.6) is 5.75 Å². The molecule has 0 fully saturated rings. The summed E-state index contributed by atoms with van der Waals surface area (Å²) in [6, 6.07) is 4.81. The van der Waals surface area contributed by atoms with E-state index in [4.69, 9.17) is 4.74 Å². The van der Waals surface area contributed by atoms with E-state index >= 15 is 0 Å². The van der Waals surface area contributed by atoms with Crippen LogP contribution in [0.3, 0.4) is 0 Å². The van der Waals surface area contributed by atoms with Gasteiger partial charge in [-0.3, -0.25) is 0 Å². The van der Waals surface area contributed by atoms with Gasteiger partial charge in [0.1, 0.15) is 11.6 Å². The van der Waals surface area contributed by atoms with Gasteiger partial charge in [-0.25, -0.2) is 9.37 Å². The molecule has 0 bridgehead atoms. The second kappa shape index (κ2) is 4.40. The lowest BCUT2D eigenvalue weighted by Gasteiger charge is -2.05. The van der Waals surface area contributed by atoms with E-state index in [9.17, 15) is 4.39 Å². The number of nitrogens with zero attached hydrogens (tertiary/aromatic N) is 1. The standard InChI is InChI=1S/C11H10FNOS/c1-8-2-3-9(12)10(6-8)14-7-11-13-4-5-15-11/h2-6H,7H2,1H3. The molecule has 0 amide bonds. The van der Waals surface area contributed by atoms with Crippen molar-refractivity contribution in [2.75, 3.05) is 0 Å². The molecule has 4 heteroatoms. The summed E-state index contributed by atoms with van der Waals surface area (Å²) in [5.74, 6) is -0.0534. The highest BCUT2D eigenvalue weighted by atomic mass is 32.1. The molecular weight excluding hydrogens is 213 g/mol. The number of hydrogen-bond donors (Lipinski definition) is 0. The predicted molar refractivity (Wildman–Crippen MR) is 57.6 cm³/mol. The molecule has 2 rings (SSSR count). The minimum absolute atomic E-state index is 0.283. The van der Waals surface area contributed by atoms with Crippen molar-refractivity contribution in [1.29, 1.82) is 0 Å². The molecule has 0 aliphatic carbocycles. The first-order chi connectivity index (χ1) is 7.25. The summed E-state index contributed by atoms with van der Waals surface area (Å²) in [7, 11) is 0. The molecule has 78 valence electrons. The number of aromatic nitrogens is 1. The Kier molecular flexibility index (Phi) is 2.97. The highest BCUT2D eigenvalue weighted by molar-refractivity contribution is 7.09. The lowest BCUT2D eigenvalue weighted by molar-refractivity contribution is 0.289. The number of ether oxygens (including phenoxy) is 1. The van der Waals surface area contributed by atoms with Crippen molar-refractivity contribution in [2.45, 2.75) is 13.5 Å². The molecule has 15 heavy (non-hydrogen) atoms. The second-order valence-electron chi connectivity index (χ2n) is 3.15. The molecule has 1 aromatic carbocycles. The summed E-state index contributed by atoms with van der Waals surface area (Å²) in [6.45, 7) is 2.22. The van der Waals surface area contributed by atoms with E-state index in [1.54, 1.807) is 18.3 Å². The minimum atomic E-state index is -0.336. The van der Waals surface area contributed by atoms with Gasteiger partial charge in [0.15, 0.2) is 11.6 Å². The third-order valence-corrected chi connectivity index (χ3v) is 2.67. The maximum atomic E-state index is 13.3. The summed E-state index contributed by atoms with van der Waals surface area (Å²) < 4.78 is 18.6. The third-order valence-electron chi connectivity index (χ3n) is 1.92. The first-order valence-electron chi connectivity index (χ1n) is 4.53. The summed E-state index contributed by atoms with van der Waals surface area (Å²) in [4.78, 5) is 4.05. The van der Waals surface area contributed by atoms with E-state index < -0.39 is 0 Å². The van der Waals surface area contributed by atoms with Crippen molar-refractivity contribution in [3.63, 3.8) is 0 Å². The molecule has 0 saturated carbocycles. The molecule has 0 spiro atoms. The van der Waals surface area contributed by atoms with Crippen LogP contribution < -0.4 is 4.74 Å². The minimum Gasteiger partial charge on any atom is -0.483 e. The molecule has 1 aromatic heterocycles. The van der Waals surface area contributed by atoms with Crippen LogP contribution in [0.15, 0.2) is 29.8 Å². The third kappa shape index (κ3) is 2.53. The van der Waals surface area contributed by atoms with Crippen molar-refractivity contribution >= 4 is 11.3 Å². The summed E-state index contributed by atoms with van der Waals surface area (Å²) >= 11 is 1.49. The average molecular weight is 223 g/mol. The Labute approximate surface area is 91.4 Å². The predicted octanol–water partition coefficient (Wildman–Crippen LogP) is 3.17. The van der Waals surface area contributed by atoms with Crippen LogP contribution in [-0.4, -0.2) is 4.98 Å². The number of thiazole rings is 1. The van der Waals surface area contributed by atoms with Gasteiger partial charge in [-0.2, -0.15) is 0 Å². The van der Waals surface area contributed by atoms with Gasteiger partial charge >= 0.3 is 0 Å².